The lowest BCUT2D eigenvalue weighted by atomic mass is 9.78. The number of hydrogen-bond acceptors (Lipinski definition) is 5. The Bertz CT molecular complexity index is 788. The van der Waals surface area contributed by atoms with Gasteiger partial charge >= 0.3 is 0 Å². The summed E-state index contributed by atoms with van der Waals surface area (Å²) < 4.78 is 5.85. The van der Waals surface area contributed by atoms with E-state index in [4.69, 9.17) is 4.42 Å². The summed E-state index contributed by atoms with van der Waals surface area (Å²) in [5.74, 6) is 3.99. The highest BCUT2D eigenvalue weighted by atomic mass is 32.2. The first-order valence-corrected chi connectivity index (χ1v) is 12.3. The van der Waals surface area contributed by atoms with Crippen molar-refractivity contribution in [3.8, 4) is 11.5 Å². The number of carbonyl (C=O) groups excluding carboxylic acids is 1. The lowest BCUT2D eigenvalue weighted by Gasteiger charge is -2.34. The fourth-order valence-electron chi connectivity index (χ4n) is 3.69. The van der Waals surface area contributed by atoms with Crippen molar-refractivity contribution in [2.24, 2.45) is 11.8 Å². The minimum Gasteiger partial charge on any atom is -0.441 e. The van der Waals surface area contributed by atoms with Gasteiger partial charge in [-0.25, -0.2) is 4.98 Å². The predicted octanol–water partition coefficient (Wildman–Crippen LogP) is 5.55. The van der Waals surface area contributed by atoms with Gasteiger partial charge in [-0.3, -0.25) is 4.79 Å². The molecule has 6 heteroatoms. The van der Waals surface area contributed by atoms with E-state index in [9.17, 15) is 4.79 Å². The number of hydrogen-bond donors (Lipinski definition) is 1. The van der Waals surface area contributed by atoms with Crippen molar-refractivity contribution in [1.82, 2.24) is 10.3 Å². The zero-order chi connectivity index (χ0) is 20.1. The highest BCUT2D eigenvalue weighted by Crippen LogP contribution is 2.30. The molecule has 1 aliphatic carbocycles. The first kappa shape index (κ1) is 21.3. The third-order valence-electron chi connectivity index (χ3n) is 5.75. The van der Waals surface area contributed by atoms with Crippen LogP contribution in [-0.2, 0) is 10.5 Å². The second-order valence-electron chi connectivity index (χ2n) is 7.68. The van der Waals surface area contributed by atoms with Gasteiger partial charge in [-0.05, 0) is 55.7 Å². The van der Waals surface area contributed by atoms with Crippen LogP contribution in [0, 0.1) is 18.8 Å². The molecule has 0 aliphatic heterocycles. The van der Waals surface area contributed by atoms with Crippen molar-refractivity contribution in [1.29, 1.82) is 0 Å². The Hall–Kier alpha value is -1.40. The van der Waals surface area contributed by atoms with Gasteiger partial charge in [0.05, 0.1) is 11.4 Å². The molecule has 2 aromatic rings. The third kappa shape index (κ3) is 5.35. The van der Waals surface area contributed by atoms with Crippen LogP contribution < -0.4 is 5.32 Å². The molecule has 0 radical (unpaired) electrons. The maximum Gasteiger partial charge on any atom is 0.230 e. The predicted molar refractivity (Wildman–Crippen MR) is 119 cm³/mol. The fourth-order valence-corrected chi connectivity index (χ4v) is 4.93. The Kier molecular flexibility index (Phi) is 7.52. The van der Waals surface area contributed by atoms with Gasteiger partial charge < -0.3 is 9.73 Å². The molecule has 1 aliphatic rings. The van der Waals surface area contributed by atoms with E-state index >= 15 is 0 Å². The van der Waals surface area contributed by atoms with Crippen molar-refractivity contribution < 1.29 is 9.21 Å². The number of oxazole rings is 1. The first-order valence-electron chi connectivity index (χ1n) is 9.95. The van der Waals surface area contributed by atoms with E-state index in [1.165, 1.54) is 17.7 Å². The number of nitrogens with zero attached hydrogens (tertiary/aromatic N) is 1. The van der Waals surface area contributed by atoms with Crippen molar-refractivity contribution in [3.63, 3.8) is 0 Å². The maximum absolute atomic E-state index is 12.3. The number of carbonyl (C=O) groups is 1. The normalized spacial score (nSPS) is 22.2. The summed E-state index contributed by atoms with van der Waals surface area (Å²) in [5, 5.41) is 3.24. The largest absolute Gasteiger partial charge is 0.441 e. The van der Waals surface area contributed by atoms with Crippen molar-refractivity contribution in [2.45, 2.75) is 56.7 Å². The van der Waals surface area contributed by atoms with Gasteiger partial charge in [0.15, 0.2) is 0 Å². The quantitative estimate of drug-likeness (QED) is 0.598. The van der Waals surface area contributed by atoms with Crippen LogP contribution in [0.3, 0.4) is 0 Å². The van der Waals surface area contributed by atoms with Gasteiger partial charge in [0.2, 0.25) is 11.8 Å². The molecule has 1 aromatic heterocycles. The van der Waals surface area contributed by atoms with E-state index < -0.39 is 0 Å². The minimum absolute atomic E-state index is 0.130. The van der Waals surface area contributed by atoms with E-state index in [1.807, 2.05) is 19.1 Å². The van der Waals surface area contributed by atoms with Gasteiger partial charge in [-0.1, -0.05) is 26.7 Å². The van der Waals surface area contributed by atoms with Crippen molar-refractivity contribution >= 4 is 29.4 Å². The van der Waals surface area contributed by atoms with Gasteiger partial charge in [0.1, 0.15) is 5.76 Å². The summed E-state index contributed by atoms with van der Waals surface area (Å²) in [6.45, 7) is 6.49. The topological polar surface area (TPSA) is 55.1 Å². The molecule has 1 heterocycles. The smallest absolute Gasteiger partial charge is 0.230 e. The second-order valence-corrected chi connectivity index (χ2v) is 9.55. The number of thioether (sulfide) groups is 2. The summed E-state index contributed by atoms with van der Waals surface area (Å²) in [7, 11) is 0. The van der Waals surface area contributed by atoms with E-state index in [2.05, 4.69) is 42.5 Å². The zero-order valence-corrected chi connectivity index (χ0v) is 18.8. The molecule has 4 nitrogen and oxygen atoms in total. The van der Waals surface area contributed by atoms with Crippen LogP contribution >= 0.6 is 23.5 Å². The summed E-state index contributed by atoms with van der Waals surface area (Å²) in [6.07, 6.45) is 5.65. The number of benzene rings is 1. The molecule has 1 aromatic carbocycles. The van der Waals surface area contributed by atoms with Gasteiger partial charge in [0.25, 0.3) is 0 Å². The molecule has 1 N–H and O–H groups in total. The summed E-state index contributed by atoms with van der Waals surface area (Å²) in [5.41, 5.74) is 1.90. The van der Waals surface area contributed by atoms with Crippen LogP contribution in [0.15, 0.2) is 33.6 Å². The van der Waals surface area contributed by atoms with Crippen LogP contribution in [0.25, 0.3) is 11.5 Å². The zero-order valence-electron chi connectivity index (χ0n) is 17.2. The van der Waals surface area contributed by atoms with E-state index in [-0.39, 0.29) is 5.91 Å². The molecule has 3 atom stereocenters. The molecule has 0 bridgehead atoms. The first-order chi connectivity index (χ1) is 13.5. The van der Waals surface area contributed by atoms with Crippen LogP contribution in [0.5, 0.6) is 0 Å². The molecule has 1 fully saturated rings. The van der Waals surface area contributed by atoms with Gasteiger partial charge in [0, 0.05) is 22.3 Å². The average molecular weight is 419 g/mol. The van der Waals surface area contributed by atoms with Crippen LogP contribution in [0.1, 0.15) is 44.6 Å². The van der Waals surface area contributed by atoms with Crippen LogP contribution in [-0.4, -0.2) is 28.9 Å². The molecule has 3 rings (SSSR count). The lowest BCUT2D eigenvalue weighted by molar-refractivity contribution is -0.119. The number of amides is 1. The Morgan fingerprint density at radius 1 is 1.25 bits per heavy atom. The molecule has 0 unspecified atom stereocenters. The molecule has 28 heavy (non-hydrogen) atoms. The molecule has 1 amide bonds. The Morgan fingerprint density at radius 2 is 2.00 bits per heavy atom. The monoisotopic (exact) mass is 418 g/mol. The summed E-state index contributed by atoms with van der Waals surface area (Å²) in [4.78, 5) is 18.2. The van der Waals surface area contributed by atoms with E-state index in [1.54, 1.807) is 23.5 Å². The summed E-state index contributed by atoms with van der Waals surface area (Å²) >= 11 is 3.31. The number of rotatable bonds is 7. The number of nitrogens with one attached hydrogen (secondary N) is 1. The molecule has 0 spiro atoms. The third-order valence-corrected chi connectivity index (χ3v) is 7.44. The second kappa shape index (κ2) is 9.88. The molecular weight excluding hydrogens is 388 g/mol. The van der Waals surface area contributed by atoms with Gasteiger partial charge in [-0.15, -0.1) is 23.5 Å². The van der Waals surface area contributed by atoms with Crippen molar-refractivity contribution in [3.05, 3.63) is 35.7 Å². The van der Waals surface area contributed by atoms with Crippen molar-refractivity contribution in [2.75, 3.05) is 12.0 Å². The Morgan fingerprint density at radius 3 is 2.71 bits per heavy atom. The highest BCUT2D eigenvalue weighted by Gasteiger charge is 2.28. The standard InChI is InChI=1S/C22H30N2O2S2/c1-14-6-5-7-19(15(14)2)23-21(25)13-28-12-20-16(3)26-22(24-20)17-8-10-18(27-4)11-9-17/h8-11,14-15,19H,5-7,12-13H2,1-4H3,(H,23,25)/t14-,15+,19+/m0/s1. The molecule has 152 valence electrons. The lowest BCUT2D eigenvalue weighted by Crippen LogP contribution is -2.44. The minimum atomic E-state index is 0.130. The highest BCUT2D eigenvalue weighted by molar-refractivity contribution is 7.99. The fraction of sp³-hybridized carbons (Fsp3) is 0.545. The molecular formula is C22H30N2O2S2. The van der Waals surface area contributed by atoms with Crippen LogP contribution in [0.4, 0.5) is 0 Å². The molecule has 0 saturated heterocycles. The Balaban J connectivity index is 1.50. The maximum atomic E-state index is 12.3. The molecule has 1 saturated carbocycles. The van der Waals surface area contributed by atoms with Gasteiger partial charge in [-0.2, -0.15) is 0 Å². The van der Waals surface area contributed by atoms with E-state index in [0.29, 0.717) is 35.3 Å². The Labute approximate surface area is 176 Å². The van der Waals surface area contributed by atoms with E-state index in [0.717, 1.165) is 23.4 Å². The number of aryl methyl sites for hydroxylation is 1. The van der Waals surface area contributed by atoms with Crippen LogP contribution in [0.2, 0.25) is 0 Å². The average Bonchev–Trinajstić information content (AvgIpc) is 3.06. The SMILES string of the molecule is CSc1ccc(-c2nc(CSCC(=O)N[C@@H]3CCC[C@H](C)[C@H]3C)c(C)o2)cc1. The summed E-state index contributed by atoms with van der Waals surface area (Å²) in [6, 6.07) is 8.54. The number of aromatic nitrogens is 1.